The first kappa shape index (κ1) is 24.3. The Bertz CT molecular complexity index is 1290. The summed E-state index contributed by atoms with van der Waals surface area (Å²) in [4.78, 5) is 12.3. The molecule has 0 bridgehead atoms. The van der Waals surface area contributed by atoms with Crippen LogP contribution in [0.1, 0.15) is 36.2 Å². The van der Waals surface area contributed by atoms with E-state index in [1.165, 1.54) is 0 Å². The maximum Gasteiger partial charge on any atom is 0.251 e. The van der Waals surface area contributed by atoms with Crippen molar-refractivity contribution in [2.24, 2.45) is 0 Å². The number of hydrogen-bond acceptors (Lipinski definition) is 4. The normalized spacial score (nSPS) is 11.9. The van der Waals surface area contributed by atoms with Crippen LogP contribution in [0.4, 0.5) is 0 Å². The van der Waals surface area contributed by atoms with Crippen LogP contribution in [0.2, 0.25) is 10.0 Å². The number of nitrogens with zero attached hydrogens (tertiary/aromatic N) is 3. The van der Waals surface area contributed by atoms with Gasteiger partial charge in [-0.2, -0.15) is 0 Å². The molecule has 5 nitrogen and oxygen atoms in total. The summed E-state index contributed by atoms with van der Waals surface area (Å²) in [6.45, 7) is 4.04. The number of amides is 1. The fourth-order valence-corrected chi connectivity index (χ4v) is 4.65. The van der Waals surface area contributed by atoms with Crippen molar-refractivity contribution in [3.8, 4) is 17.1 Å². The van der Waals surface area contributed by atoms with Gasteiger partial charge in [0.15, 0.2) is 11.0 Å². The summed E-state index contributed by atoms with van der Waals surface area (Å²) in [6, 6.07) is 22.9. The fraction of sp³-hybridized carbons (Fsp3) is 0.192. The van der Waals surface area contributed by atoms with Gasteiger partial charge in [0.2, 0.25) is 0 Å². The smallest absolute Gasteiger partial charge is 0.251 e. The lowest BCUT2D eigenvalue weighted by Crippen LogP contribution is -2.31. The molecule has 0 aliphatic heterocycles. The molecule has 0 saturated heterocycles. The zero-order valence-corrected chi connectivity index (χ0v) is 21.2. The third kappa shape index (κ3) is 5.63. The molecule has 1 amide bonds. The average molecular weight is 511 g/mol. The molecule has 4 aromatic rings. The van der Waals surface area contributed by atoms with Gasteiger partial charge in [0, 0.05) is 27.9 Å². The number of halogens is 2. The Hall–Kier alpha value is -2.80. The molecule has 1 aromatic heterocycles. The van der Waals surface area contributed by atoms with E-state index >= 15 is 0 Å². The van der Waals surface area contributed by atoms with Crippen molar-refractivity contribution in [2.45, 2.75) is 37.2 Å². The van der Waals surface area contributed by atoms with E-state index in [1.54, 1.807) is 11.8 Å². The predicted octanol–water partition coefficient (Wildman–Crippen LogP) is 7.06. The van der Waals surface area contributed by atoms with Crippen LogP contribution < -0.4 is 5.32 Å². The molecule has 1 atom stereocenters. The molecule has 1 unspecified atom stereocenters. The van der Waals surface area contributed by atoms with Crippen LogP contribution in [0.25, 0.3) is 17.1 Å². The highest BCUT2D eigenvalue weighted by Crippen LogP contribution is 2.33. The zero-order valence-electron chi connectivity index (χ0n) is 18.8. The molecule has 4 rings (SSSR count). The van der Waals surface area contributed by atoms with E-state index in [1.807, 2.05) is 91.2 Å². The van der Waals surface area contributed by atoms with Crippen LogP contribution in [0, 0.1) is 0 Å². The molecule has 3 aromatic carbocycles. The maximum atomic E-state index is 12.3. The average Bonchev–Trinajstić information content (AvgIpc) is 3.27. The number of carbonyl (C=O) groups excluding carboxylic acids is 1. The SMILES string of the molecule is CCC(C)NC(=O)c1ccc(CSc2nnc(-c3ccccc3Cl)n2-c2cccc(Cl)c2)cc1. The number of hydrogen-bond donors (Lipinski definition) is 1. The van der Waals surface area contributed by atoms with E-state index in [0.717, 1.165) is 28.4 Å². The quantitative estimate of drug-likeness (QED) is 0.257. The van der Waals surface area contributed by atoms with Crippen molar-refractivity contribution in [1.82, 2.24) is 20.1 Å². The third-order valence-corrected chi connectivity index (χ3v) is 6.95. The molecular weight excluding hydrogens is 487 g/mol. The van der Waals surface area contributed by atoms with Crippen molar-refractivity contribution in [3.63, 3.8) is 0 Å². The van der Waals surface area contributed by atoms with E-state index < -0.39 is 0 Å². The zero-order chi connectivity index (χ0) is 24.1. The summed E-state index contributed by atoms with van der Waals surface area (Å²) < 4.78 is 1.96. The molecule has 8 heteroatoms. The highest BCUT2D eigenvalue weighted by Gasteiger charge is 2.18. The lowest BCUT2D eigenvalue weighted by atomic mass is 10.1. The summed E-state index contributed by atoms with van der Waals surface area (Å²) in [6.07, 6.45) is 0.893. The Balaban J connectivity index is 1.59. The van der Waals surface area contributed by atoms with Crippen LogP contribution in [-0.2, 0) is 5.75 Å². The lowest BCUT2D eigenvalue weighted by molar-refractivity contribution is 0.0939. The molecule has 174 valence electrons. The Morgan fingerprint density at radius 1 is 1.03 bits per heavy atom. The van der Waals surface area contributed by atoms with Gasteiger partial charge in [0.25, 0.3) is 5.91 Å². The van der Waals surface area contributed by atoms with Gasteiger partial charge in [0.05, 0.1) is 10.7 Å². The van der Waals surface area contributed by atoms with E-state index in [4.69, 9.17) is 23.2 Å². The summed E-state index contributed by atoms with van der Waals surface area (Å²) in [5.74, 6) is 1.25. The molecule has 0 fully saturated rings. The molecular formula is C26H24Cl2N4OS. The maximum absolute atomic E-state index is 12.3. The highest BCUT2D eigenvalue weighted by atomic mass is 35.5. The number of thioether (sulfide) groups is 1. The minimum atomic E-state index is -0.0568. The first-order valence-corrected chi connectivity index (χ1v) is 12.7. The van der Waals surface area contributed by atoms with Crippen molar-refractivity contribution in [3.05, 3.63) is 94.0 Å². The van der Waals surface area contributed by atoms with Gasteiger partial charge in [-0.3, -0.25) is 9.36 Å². The second-order valence-electron chi connectivity index (χ2n) is 7.87. The van der Waals surface area contributed by atoms with Gasteiger partial charge in [-0.05, 0) is 61.4 Å². The number of carbonyl (C=O) groups is 1. The third-order valence-electron chi connectivity index (χ3n) is 5.39. The van der Waals surface area contributed by atoms with Crippen LogP contribution in [0.15, 0.2) is 78.0 Å². The first-order valence-electron chi connectivity index (χ1n) is 10.9. The van der Waals surface area contributed by atoms with Gasteiger partial charge in [0.1, 0.15) is 0 Å². The summed E-state index contributed by atoms with van der Waals surface area (Å²) >= 11 is 14.3. The van der Waals surface area contributed by atoms with Gasteiger partial charge in [-0.1, -0.05) is 72.2 Å². The largest absolute Gasteiger partial charge is 0.350 e. The molecule has 0 aliphatic carbocycles. The van der Waals surface area contributed by atoms with E-state index in [9.17, 15) is 4.79 Å². The van der Waals surface area contributed by atoms with Crippen molar-refractivity contribution < 1.29 is 4.79 Å². The second-order valence-corrected chi connectivity index (χ2v) is 9.66. The molecule has 0 spiro atoms. The minimum Gasteiger partial charge on any atom is -0.350 e. The van der Waals surface area contributed by atoms with Gasteiger partial charge in [-0.15, -0.1) is 10.2 Å². The number of rotatable bonds is 8. The van der Waals surface area contributed by atoms with Crippen LogP contribution in [0.3, 0.4) is 0 Å². The van der Waals surface area contributed by atoms with Crippen molar-refractivity contribution in [2.75, 3.05) is 0 Å². The standard InChI is InChI=1S/C26H24Cl2N4OS/c1-3-17(2)29-25(33)19-13-11-18(12-14-19)16-34-26-31-30-24(22-9-4-5-10-23(22)28)32(26)21-8-6-7-20(27)15-21/h4-15,17H,3,16H2,1-2H3,(H,29,33). The van der Waals surface area contributed by atoms with E-state index in [-0.39, 0.29) is 11.9 Å². The Labute approximate surface area is 213 Å². The molecule has 0 radical (unpaired) electrons. The molecule has 1 heterocycles. The van der Waals surface area contributed by atoms with Crippen molar-refractivity contribution in [1.29, 1.82) is 0 Å². The molecule has 0 aliphatic rings. The number of aromatic nitrogens is 3. The molecule has 0 saturated carbocycles. The van der Waals surface area contributed by atoms with Crippen LogP contribution >= 0.6 is 35.0 Å². The minimum absolute atomic E-state index is 0.0568. The van der Waals surface area contributed by atoms with Gasteiger partial charge < -0.3 is 5.32 Å². The molecule has 1 N–H and O–H groups in total. The monoisotopic (exact) mass is 510 g/mol. The van der Waals surface area contributed by atoms with E-state index in [2.05, 4.69) is 15.5 Å². The summed E-state index contributed by atoms with van der Waals surface area (Å²) in [5, 5.41) is 13.8. The van der Waals surface area contributed by atoms with Crippen LogP contribution in [-0.4, -0.2) is 26.7 Å². The second kappa shape index (κ2) is 11.1. The van der Waals surface area contributed by atoms with Crippen LogP contribution in [0.5, 0.6) is 0 Å². The highest BCUT2D eigenvalue weighted by molar-refractivity contribution is 7.98. The fourth-order valence-electron chi connectivity index (χ4n) is 3.34. The van der Waals surface area contributed by atoms with Gasteiger partial charge >= 0.3 is 0 Å². The summed E-state index contributed by atoms with van der Waals surface area (Å²) in [5.41, 5.74) is 3.37. The van der Waals surface area contributed by atoms with Gasteiger partial charge in [-0.25, -0.2) is 0 Å². The predicted molar refractivity (Wildman–Crippen MR) is 140 cm³/mol. The molecule has 34 heavy (non-hydrogen) atoms. The Morgan fingerprint density at radius 3 is 2.50 bits per heavy atom. The topological polar surface area (TPSA) is 59.8 Å². The Morgan fingerprint density at radius 2 is 1.79 bits per heavy atom. The summed E-state index contributed by atoms with van der Waals surface area (Å²) in [7, 11) is 0. The van der Waals surface area contributed by atoms with Crippen molar-refractivity contribution >= 4 is 40.9 Å². The number of benzene rings is 3. The van der Waals surface area contributed by atoms with E-state index in [0.29, 0.717) is 27.2 Å². The lowest BCUT2D eigenvalue weighted by Gasteiger charge is -2.12. The Kier molecular flexibility index (Phi) is 7.93. The first-order chi connectivity index (χ1) is 16.5. The number of nitrogens with one attached hydrogen (secondary N) is 1.